The number of nitrogens with zero attached hydrogens (tertiary/aromatic N) is 1. The maximum absolute atomic E-state index is 12.2. The van der Waals surface area contributed by atoms with Crippen molar-refractivity contribution in [3.8, 4) is 11.8 Å². The second-order valence-corrected chi connectivity index (χ2v) is 6.56. The molecule has 0 aliphatic carbocycles. The van der Waals surface area contributed by atoms with E-state index in [0.717, 1.165) is 0 Å². The van der Waals surface area contributed by atoms with Gasteiger partial charge in [-0.15, -0.1) is 0 Å². The van der Waals surface area contributed by atoms with Crippen LogP contribution in [0.25, 0.3) is 0 Å². The summed E-state index contributed by atoms with van der Waals surface area (Å²) in [6.07, 6.45) is 0. The lowest BCUT2D eigenvalue weighted by atomic mass is 10.2. The minimum Gasteiger partial charge on any atom is -0.379 e. The number of hydrogen-bond acceptors (Lipinski definition) is 4. The largest absolute Gasteiger partial charge is 0.379 e. The number of rotatable bonds is 3. The summed E-state index contributed by atoms with van der Waals surface area (Å²) in [6, 6.07) is 10.1. The molecule has 21 heavy (non-hydrogen) atoms. The van der Waals surface area contributed by atoms with Gasteiger partial charge in [0.05, 0.1) is 10.6 Å². The predicted molar refractivity (Wildman–Crippen MR) is 80.2 cm³/mol. The Hall–Kier alpha value is -1.74. The molecule has 2 aromatic rings. The van der Waals surface area contributed by atoms with Gasteiger partial charge in [-0.3, -0.25) is 0 Å². The molecule has 2 aromatic carbocycles. The Labute approximate surface area is 132 Å². The summed E-state index contributed by atoms with van der Waals surface area (Å²) in [5.74, 6) is 0.150. The van der Waals surface area contributed by atoms with E-state index < -0.39 is 10.1 Å². The molecule has 4 nitrogen and oxygen atoms in total. The summed E-state index contributed by atoms with van der Waals surface area (Å²) < 4.78 is 29.3. The Morgan fingerprint density at radius 3 is 2.38 bits per heavy atom. The van der Waals surface area contributed by atoms with Crippen molar-refractivity contribution in [3.05, 3.63) is 57.6 Å². The minimum atomic E-state index is -4.03. The van der Waals surface area contributed by atoms with Crippen LogP contribution in [0, 0.1) is 18.3 Å². The van der Waals surface area contributed by atoms with Gasteiger partial charge < -0.3 is 4.18 Å². The first-order chi connectivity index (χ1) is 9.83. The van der Waals surface area contributed by atoms with Gasteiger partial charge in [0.25, 0.3) is 0 Å². The molecule has 0 saturated heterocycles. The Kier molecular flexibility index (Phi) is 4.43. The fourth-order valence-corrected chi connectivity index (χ4v) is 2.94. The lowest BCUT2D eigenvalue weighted by Gasteiger charge is -2.09. The number of nitriles is 1. The highest BCUT2D eigenvalue weighted by molar-refractivity contribution is 7.87. The molecular formula is C14H9Cl2NO3S. The zero-order chi connectivity index (χ0) is 15.6. The van der Waals surface area contributed by atoms with Crippen LogP contribution in [0.1, 0.15) is 11.1 Å². The molecule has 0 unspecified atom stereocenters. The van der Waals surface area contributed by atoms with E-state index in [0.29, 0.717) is 10.6 Å². The molecule has 108 valence electrons. The van der Waals surface area contributed by atoms with E-state index in [1.165, 1.54) is 30.3 Å². The van der Waals surface area contributed by atoms with Crippen LogP contribution in [0.3, 0.4) is 0 Å². The van der Waals surface area contributed by atoms with Crippen molar-refractivity contribution in [2.24, 2.45) is 0 Å². The molecule has 0 aromatic heterocycles. The number of benzene rings is 2. The molecule has 0 amide bonds. The fraction of sp³-hybridized carbons (Fsp3) is 0.0714. The standard InChI is InChI=1S/C14H9Cl2NO3S/c1-9-6-11(3-5-13(9)15)20-21(18,19)12-4-2-10(8-17)14(16)7-12/h2-7H,1H3. The first kappa shape index (κ1) is 15.6. The van der Waals surface area contributed by atoms with E-state index in [1.807, 2.05) is 6.07 Å². The van der Waals surface area contributed by atoms with E-state index in [2.05, 4.69) is 0 Å². The van der Waals surface area contributed by atoms with E-state index in [9.17, 15) is 8.42 Å². The lowest BCUT2D eigenvalue weighted by Crippen LogP contribution is -2.10. The highest BCUT2D eigenvalue weighted by Crippen LogP contribution is 2.26. The number of hydrogen-bond donors (Lipinski definition) is 0. The third kappa shape index (κ3) is 3.48. The molecule has 0 radical (unpaired) electrons. The summed E-state index contributed by atoms with van der Waals surface area (Å²) in [5, 5.41) is 9.34. The van der Waals surface area contributed by atoms with Crippen LogP contribution < -0.4 is 4.18 Å². The summed E-state index contributed by atoms with van der Waals surface area (Å²) in [6.45, 7) is 1.74. The van der Waals surface area contributed by atoms with Gasteiger partial charge in [-0.1, -0.05) is 23.2 Å². The van der Waals surface area contributed by atoms with Crippen molar-refractivity contribution in [2.75, 3.05) is 0 Å². The zero-order valence-corrected chi connectivity index (χ0v) is 13.1. The topological polar surface area (TPSA) is 67.2 Å². The van der Waals surface area contributed by atoms with Gasteiger partial charge in [0.15, 0.2) is 0 Å². The average Bonchev–Trinajstić information content (AvgIpc) is 2.42. The molecule has 0 N–H and O–H groups in total. The Morgan fingerprint density at radius 2 is 1.81 bits per heavy atom. The van der Waals surface area contributed by atoms with Crippen LogP contribution >= 0.6 is 23.2 Å². The average molecular weight is 342 g/mol. The van der Waals surface area contributed by atoms with Gasteiger partial charge in [0.1, 0.15) is 16.7 Å². The summed E-state index contributed by atoms with van der Waals surface area (Å²) in [7, 11) is -4.03. The second kappa shape index (κ2) is 5.94. The van der Waals surface area contributed by atoms with Gasteiger partial charge in [-0.05, 0) is 48.9 Å². The summed E-state index contributed by atoms with van der Waals surface area (Å²) in [4.78, 5) is -0.126. The third-order valence-corrected chi connectivity index (χ3v) is 4.66. The van der Waals surface area contributed by atoms with Crippen molar-refractivity contribution in [1.29, 1.82) is 5.26 Å². The molecule has 0 saturated carbocycles. The van der Waals surface area contributed by atoms with Gasteiger partial charge in [-0.25, -0.2) is 0 Å². The smallest absolute Gasteiger partial charge is 0.339 e. The molecule has 0 atom stereocenters. The van der Waals surface area contributed by atoms with Crippen molar-refractivity contribution in [2.45, 2.75) is 11.8 Å². The number of aryl methyl sites for hydroxylation is 1. The molecule has 0 aliphatic heterocycles. The molecule has 0 fully saturated rings. The maximum Gasteiger partial charge on any atom is 0.339 e. The van der Waals surface area contributed by atoms with Crippen LogP contribution in [0.15, 0.2) is 41.3 Å². The minimum absolute atomic E-state index is 0.0504. The molecule has 0 bridgehead atoms. The van der Waals surface area contributed by atoms with Gasteiger partial charge in [-0.2, -0.15) is 13.7 Å². The lowest BCUT2D eigenvalue weighted by molar-refractivity contribution is 0.486. The molecule has 0 aliphatic rings. The quantitative estimate of drug-likeness (QED) is 0.793. The normalized spacial score (nSPS) is 11.0. The van der Waals surface area contributed by atoms with Crippen molar-refractivity contribution >= 4 is 33.3 Å². The molecular weight excluding hydrogens is 333 g/mol. The third-order valence-electron chi connectivity index (χ3n) is 2.69. The highest BCUT2D eigenvalue weighted by Gasteiger charge is 2.18. The first-order valence-corrected chi connectivity index (χ1v) is 7.90. The van der Waals surface area contributed by atoms with Gasteiger partial charge in [0.2, 0.25) is 0 Å². The van der Waals surface area contributed by atoms with Crippen molar-refractivity contribution < 1.29 is 12.6 Å². The van der Waals surface area contributed by atoms with E-state index in [1.54, 1.807) is 13.0 Å². The Morgan fingerprint density at radius 1 is 1.10 bits per heavy atom. The van der Waals surface area contributed by atoms with E-state index in [4.69, 9.17) is 32.6 Å². The van der Waals surface area contributed by atoms with Crippen molar-refractivity contribution in [3.63, 3.8) is 0 Å². The van der Waals surface area contributed by atoms with Gasteiger partial charge in [0, 0.05) is 5.02 Å². The maximum atomic E-state index is 12.2. The highest BCUT2D eigenvalue weighted by atomic mass is 35.5. The SMILES string of the molecule is Cc1cc(OS(=O)(=O)c2ccc(C#N)c(Cl)c2)ccc1Cl. The summed E-state index contributed by atoms with van der Waals surface area (Å²) in [5.41, 5.74) is 0.889. The van der Waals surface area contributed by atoms with Gasteiger partial charge >= 0.3 is 10.1 Å². The molecule has 7 heteroatoms. The first-order valence-electron chi connectivity index (χ1n) is 5.74. The van der Waals surface area contributed by atoms with E-state index in [-0.39, 0.29) is 21.2 Å². The van der Waals surface area contributed by atoms with E-state index >= 15 is 0 Å². The van der Waals surface area contributed by atoms with Crippen LogP contribution in [0.5, 0.6) is 5.75 Å². The van der Waals surface area contributed by atoms with Crippen LogP contribution in [-0.4, -0.2) is 8.42 Å². The van der Waals surface area contributed by atoms with Crippen LogP contribution in [0.2, 0.25) is 10.0 Å². The van der Waals surface area contributed by atoms with Crippen LogP contribution in [-0.2, 0) is 10.1 Å². The van der Waals surface area contributed by atoms with Crippen molar-refractivity contribution in [1.82, 2.24) is 0 Å². The molecule has 0 heterocycles. The summed E-state index contributed by atoms with van der Waals surface area (Å²) >= 11 is 11.7. The predicted octanol–water partition coefficient (Wildman–Crippen LogP) is 3.94. The Balaban J connectivity index is 2.36. The Bertz CT molecular complexity index is 842. The zero-order valence-electron chi connectivity index (χ0n) is 10.8. The fourth-order valence-electron chi connectivity index (χ4n) is 1.59. The van der Waals surface area contributed by atoms with Crippen LogP contribution in [0.4, 0.5) is 0 Å². The number of halogens is 2. The molecule has 0 spiro atoms. The molecule has 2 rings (SSSR count). The second-order valence-electron chi connectivity index (χ2n) is 4.20. The monoisotopic (exact) mass is 341 g/mol.